The summed E-state index contributed by atoms with van der Waals surface area (Å²) >= 11 is 1.99. The monoisotopic (exact) mass is 175 g/mol. The standard InChI is InChI=1S/C8H17NOS/c1-8(2,10)6-9-7-3-4-11-5-7/h7,9-10H,3-6H2,1-2H3/t7-/m1/s1. The van der Waals surface area contributed by atoms with Crippen molar-refractivity contribution in [1.82, 2.24) is 5.32 Å². The van der Waals surface area contributed by atoms with Crippen LogP contribution in [0.5, 0.6) is 0 Å². The molecule has 2 N–H and O–H groups in total. The molecule has 1 saturated heterocycles. The van der Waals surface area contributed by atoms with Gasteiger partial charge in [-0.2, -0.15) is 11.8 Å². The molecule has 0 spiro atoms. The molecule has 0 amide bonds. The van der Waals surface area contributed by atoms with Gasteiger partial charge >= 0.3 is 0 Å². The third-order valence-corrected chi connectivity index (χ3v) is 2.92. The number of hydrogen-bond acceptors (Lipinski definition) is 3. The van der Waals surface area contributed by atoms with Crippen molar-refractivity contribution in [2.75, 3.05) is 18.1 Å². The summed E-state index contributed by atoms with van der Waals surface area (Å²) in [6, 6.07) is 0.631. The van der Waals surface area contributed by atoms with Crippen molar-refractivity contribution in [3.05, 3.63) is 0 Å². The van der Waals surface area contributed by atoms with Crippen molar-refractivity contribution < 1.29 is 5.11 Å². The summed E-state index contributed by atoms with van der Waals surface area (Å²) in [5.41, 5.74) is -0.562. The normalized spacial score (nSPS) is 25.9. The molecule has 1 heterocycles. The topological polar surface area (TPSA) is 32.3 Å². The second kappa shape index (κ2) is 3.78. The average molecular weight is 175 g/mol. The van der Waals surface area contributed by atoms with Crippen LogP contribution in [-0.2, 0) is 0 Å². The molecule has 1 rings (SSSR count). The van der Waals surface area contributed by atoms with Gasteiger partial charge in [-0.15, -0.1) is 0 Å². The highest BCUT2D eigenvalue weighted by Gasteiger charge is 2.18. The van der Waals surface area contributed by atoms with Gasteiger partial charge in [0, 0.05) is 18.3 Å². The smallest absolute Gasteiger partial charge is 0.0715 e. The Morgan fingerprint density at radius 3 is 2.82 bits per heavy atom. The average Bonchev–Trinajstić information content (AvgIpc) is 2.32. The summed E-state index contributed by atoms with van der Waals surface area (Å²) in [7, 11) is 0. The first-order chi connectivity index (χ1) is 5.08. The van der Waals surface area contributed by atoms with E-state index in [4.69, 9.17) is 0 Å². The maximum Gasteiger partial charge on any atom is 0.0715 e. The molecule has 1 aliphatic rings. The number of aliphatic hydroxyl groups is 1. The minimum Gasteiger partial charge on any atom is -0.389 e. The van der Waals surface area contributed by atoms with Crippen LogP contribution in [0.4, 0.5) is 0 Å². The van der Waals surface area contributed by atoms with Crippen LogP contribution < -0.4 is 5.32 Å². The minimum absolute atomic E-state index is 0.562. The van der Waals surface area contributed by atoms with Gasteiger partial charge in [-0.3, -0.25) is 0 Å². The molecule has 11 heavy (non-hydrogen) atoms. The minimum atomic E-state index is -0.562. The van der Waals surface area contributed by atoms with E-state index in [0.29, 0.717) is 12.6 Å². The van der Waals surface area contributed by atoms with E-state index in [1.165, 1.54) is 17.9 Å². The van der Waals surface area contributed by atoms with Crippen LogP contribution >= 0.6 is 11.8 Å². The Hall–Kier alpha value is 0.270. The predicted octanol–water partition coefficient (Wildman–Crippen LogP) is 0.852. The lowest BCUT2D eigenvalue weighted by atomic mass is 10.1. The van der Waals surface area contributed by atoms with E-state index in [0.717, 1.165) is 0 Å². The maximum atomic E-state index is 9.41. The van der Waals surface area contributed by atoms with Gasteiger partial charge in [0.15, 0.2) is 0 Å². The van der Waals surface area contributed by atoms with Crippen molar-refractivity contribution in [2.24, 2.45) is 0 Å². The molecule has 0 radical (unpaired) electrons. The zero-order valence-electron chi connectivity index (χ0n) is 7.26. The predicted molar refractivity (Wildman–Crippen MR) is 50.0 cm³/mol. The third kappa shape index (κ3) is 3.99. The highest BCUT2D eigenvalue weighted by Crippen LogP contribution is 2.17. The molecule has 1 aliphatic heterocycles. The summed E-state index contributed by atoms with van der Waals surface area (Å²) in [6.45, 7) is 4.38. The molecular weight excluding hydrogens is 158 g/mol. The van der Waals surface area contributed by atoms with Crippen molar-refractivity contribution in [3.63, 3.8) is 0 Å². The van der Waals surface area contributed by atoms with Crippen LogP contribution in [0.15, 0.2) is 0 Å². The first-order valence-corrected chi connectivity index (χ1v) is 5.27. The second-order valence-corrected chi connectivity index (χ2v) is 4.90. The molecule has 0 aliphatic carbocycles. The fraction of sp³-hybridized carbons (Fsp3) is 1.00. The maximum absolute atomic E-state index is 9.41. The summed E-state index contributed by atoms with van der Waals surface area (Å²) in [5.74, 6) is 2.47. The van der Waals surface area contributed by atoms with Crippen LogP contribution in [0.25, 0.3) is 0 Å². The SMILES string of the molecule is CC(C)(O)CN[C@@H]1CCSC1. The molecule has 0 saturated carbocycles. The summed E-state index contributed by atoms with van der Waals surface area (Å²) in [4.78, 5) is 0. The van der Waals surface area contributed by atoms with Crippen molar-refractivity contribution in [1.29, 1.82) is 0 Å². The van der Waals surface area contributed by atoms with Crippen LogP contribution in [0.3, 0.4) is 0 Å². The highest BCUT2D eigenvalue weighted by atomic mass is 32.2. The molecule has 66 valence electrons. The van der Waals surface area contributed by atoms with E-state index in [1.807, 2.05) is 25.6 Å². The Labute approximate surface area is 72.8 Å². The fourth-order valence-corrected chi connectivity index (χ4v) is 2.28. The van der Waals surface area contributed by atoms with E-state index in [9.17, 15) is 5.11 Å². The molecule has 0 aromatic heterocycles. The molecule has 0 bridgehead atoms. The molecule has 1 atom stereocenters. The van der Waals surface area contributed by atoms with Crippen molar-refractivity contribution in [2.45, 2.75) is 31.9 Å². The van der Waals surface area contributed by atoms with E-state index in [2.05, 4.69) is 5.32 Å². The van der Waals surface area contributed by atoms with Gasteiger partial charge in [0.2, 0.25) is 0 Å². The zero-order chi connectivity index (χ0) is 8.32. The van der Waals surface area contributed by atoms with Crippen LogP contribution in [-0.4, -0.2) is 34.8 Å². The van der Waals surface area contributed by atoms with Gasteiger partial charge in [0.25, 0.3) is 0 Å². The number of thioether (sulfide) groups is 1. The number of nitrogens with one attached hydrogen (secondary N) is 1. The zero-order valence-corrected chi connectivity index (χ0v) is 8.08. The van der Waals surface area contributed by atoms with Crippen molar-refractivity contribution >= 4 is 11.8 Å². The third-order valence-electron chi connectivity index (χ3n) is 1.75. The van der Waals surface area contributed by atoms with E-state index < -0.39 is 5.60 Å². The first kappa shape index (κ1) is 9.36. The van der Waals surface area contributed by atoms with E-state index in [-0.39, 0.29) is 0 Å². The molecule has 0 aromatic carbocycles. The van der Waals surface area contributed by atoms with Crippen LogP contribution in [0.2, 0.25) is 0 Å². The molecule has 0 aromatic rings. The molecule has 3 heteroatoms. The molecule has 1 fully saturated rings. The second-order valence-electron chi connectivity index (χ2n) is 3.75. The van der Waals surface area contributed by atoms with Crippen molar-refractivity contribution in [3.8, 4) is 0 Å². The Kier molecular flexibility index (Phi) is 3.22. The van der Waals surface area contributed by atoms with Crippen LogP contribution in [0, 0.1) is 0 Å². The lowest BCUT2D eigenvalue weighted by molar-refractivity contribution is 0.0773. The van der Waals surface area contributed by atoms with Crippen LogP contribution in [0.1, 0.15) is 20.3 Å². The van der Waals surface area contributed by atoms with Gasteiger partial charge in [0.05, 0.1) is 5.60 Å². The molecule has 2 nitrogen and oxygen atoms in total. The van der Waals surface area contributed by atoms with Gasteiger partial charge in [0.1, 0.15) is 0 Å². The fourth-order valence-electron chi connectivity index (χ4n) is 1.09. The Morgan fingerprint density at radius 2 is 2.36 bits per heavy atom. The largest absolute Gasteiger partial charge is 0.389 e. The van der Waals surface area contributed by atoms with Gasteiger partial charge < -0.3 is 10.4 Å². The Bertz CT molecular complexity index is 116. The Morgan fingerprint density at radius 1 is 1.64 bits per heavy atom. The number of rotatable bonds is 3. The lowest BCUT2D eigenvalue weighted by Crippen LogP contribution is -2.40. The van der Waals surface area contributed by atoms with Gasteiger partial charge in [-0.25, -0.2) is 0 Å². The van der Waals surface area contributed by atoms with Gasteiger partial charge in [-0.1, -0.05) is 0 Å². The molecule has 0 unspecified atom stereocenters. The summed E-state index contributed by atoms with van der Waals surface area (Å²) in [6.07, 6.45) is 1.25. The van der Waals surface area contributed by atoms with E-state index in [1.54, 1.807) is 0 Å². The number of hydrogen-bond donors (Lipinski definition) is 2. The molecular formula is C8H17NOS. The summed E-state index contributed by atoms with van der Waals surface area (Å²) in [5, 5.41) is 12.8. The summed E-state index contributed by atoms with van der Waals surface area (Å²) < 4.78 is 0. The highest BCUT2D eigenvalue weighted by molar-refractivity contribution is 7.99. The first-order valence-electron chi connectivity index (χ1n) is 4.11. The quantitative estimate of drug-likeness (QED) is 0.667. The van der Waals surface area contributed by atoms with Gasteiger partial charge in [-0.05, 0) is 26.0 Å². The Balaban J connectivity index is 2.11. The lowest BCUT2D eigenvalue weighted by Gasteiger charge is -2.20. The van der Waals surface area contributed by atoms with E-state index >= 15 is 0 Å².